The molecule has 0 saturated heterocycles. The molecule has 0 unspecified atom stereocenters. The minimum absolute atomic E-state index is 0. The molecule has 0 heterocycles. The summed E-state index contributed by atoms with van der Waals surface area (Å²) in [5, 5.41) is 5.38. The lowest BCUT2D eigenvalue weighted by Gasteiger charge is -2.06. The fourth-order valence-corrected chi connectivity index (χ4v) is 1.26. The molecule has 0 aliphatic carbocycles. The van der Waals surface area contributed by atoms with Gasteiger partial charge in [-0.3, -0.25) is 9.59 Å². The van der Waals surface area contributed by atoms with Gasteiger partial charge in [0.25, 0.3) is 5.91 Å². The first-order valence-corrected chi connectivity index (χ1v) is 5.55. The highest BCUT2D eigenvalue weighted by Crippen LogP contribution is 2.09. The molecule has 4 N–H and O–H groups in total. The van der Waals surface area contributed by atoms with Crippen LogP contribution in [0.3, 0.4) is 0 Å². The maximum Gasteiger partial charge on any atom is 0.251 e. The predicted octanol–water partition coefficient (Wildman–Crippen LogP) is 1.15. The van der Waals surface area contributed by atoms with Gasteiger partial charge in [0.2, 0.25) is 5.91 Å². The number of anilines is 1. The van der Waals surface area contributed by atoms with Gasteiger partial charge < -0.3 is 16.4 Å². The zero-order valence-electron chi connectivity index (χ0n) is 10.2. The normalized spacial score (nSPS) is 9.22. The summed E-state index contributed by atoms with van der Waals surface area (Å²) in [6.07, 6.45) is 0.899. The van der Waals surface area contributed by atoms with Crippen molar-refractivity contribution in [2.75, 3.05) is 18.4 Å². The average Bonchev–Trinajstić information content (AvgIpc) is 2.36. The molecule has 0 radical (unpaired) electrons. The van der Waals surface area contributed by atoms with E-state index in [1.807, 2.05) is 6.92 Å². The molecule has 1 aromatic rings. The van der Waals surface area contributed by atoms with Gasteiger partial charge in [-0.2, -0.15) is 0 Å². The van der Waals surface area contributed by atoms with Crippen LogP contribution in [0.25, 0.3) is 0 Å². The third kappa shape index (κ3) is 5.16. The van der Waals surface area contributed by atoms with Gasteiger partial charge in [-0.1, -0.05) is 6.92 Å². The summed E-state index contributed by atoms with van der Waals surface area (Å²) in [4.78, 5) is 22.6. The minimum atomic E-state index is -0.256. The van der Waals surface area contributed by atoms with Gasteiger partial charge in [0, 0.05) is 17.8 Å². The monoisotopic (exact) mass is 271 g/mol. The van der Waals surface area contributed by atoms with E-state index in [1.54, 1.807) is 24.3 Å². The van der Waals surface area contributed by atoms with E-state index in [0.29, 0.717) is 17.8 Å². The fourth-order valence-electron chi connectivity index (χ4n) is 1.26. The number of hydrogen-bond acceptors (Lipinski definition) is 3. The standard InChI is InChI=1S/C12H17N3O2.ClH/c1-2-7-14-12(17)9-3-5-10(6-4-9)15-11(16)8-13;/h3-6H,2,7-8,13H2,1H3,(H,14,17)(H,15,16);1H. The summed E-state index contributed by atoms with van der Waals surface area (Å²) in [5.41, 5.74) is 6.38. The first-order valence-electron chi connectivity index (χ1n) is 5.55. The molecule has 0 bridgehead atoms. The highest BCUT2D eigenvalue weighted by Gasteiger charge is 2.04. The summed E-state index contributed by atoms with van der Waals surface area (Å²) >= 11 is 0. The molecule has 1 aromatic carbocycles. The van der Waals surface area contributed by atoms with E-state index in [9.17, 15) is 9.59 Å². The summed E-state index contributed by atoms with van der Waals surface area (Å²) in [7, 11) is 0. The third-order valence-corrected chi connectivity index (χ3v) is 2.15. The smallest absolute Gasteiger partial charge is 0.251 e. The molecule has 1 rings (SSSR count). The van der Waals surface area contributed by atoms with Gasteiger partial charge in [-0.15, -0.1) is 12.4 Å². The minimum Gasteiger partial charge on any atom is -0.352 e. The van der Waals surface area contributed by atoms with Crippen LogP contribution in [-0.4, -0.2) is 24.9 Å². The van der Waals surface area contributed by atoms with Crippen LogP contribution in [0.15, 0.2) is 24.3 Å². The summed E-state index contributed by atoms with van der Waals surface area (Å²) < 4.78 is 0. The number of amides is 2. The number of carbonyl (C=O) groups is 2. The topological polar surface area (TPSA) is 84.2 Å². The summed E-state index contributed by atoms with van der Waals surface area (Å²) in [5.74, 6) is -0.364. The fraction of sp³-hybridized carbons (Fsp3) is 0.333. The van der Waals surface area contributed by atoms with Crippen molar-refractivity contribution in [2.45, 2.75) is 13.3 Å². The Morgan fingerprint density at radius 1 is 1.22 bits per heavy atom. The molecule has 0 aliphatic rings. The maximum atomic E-state index is 11.6. The first kappa shape index (κ1) is 16.4. The molecule has 0 spiro atoms. The van der Waals surface area contributed by atoms with Crippen molar-refractivity contribution in [1.82, 2.24) is 5.32 Å². The summed E-state index contributed by atoms with van der Waals surface area (Å²) in [6.45, 7) is 2.59. The molecule has 0 atom stereocenters. The number of nitrogens with one attached hydrogen (secondary N) is 2. The van der Waals surface area contributed by atoms with Gasteiger partial charge in [-0.25, -0.2) is 0 Å². The van der Waals surface area contributed by atoms with Crippen molar-refractivity contribution in [3.63, 3.8) is 0 Å². The van der Waals surface area contributed by atoms with Gasteiger partial charge >= 0.3 is 0 Å². The average molecular weight is 272 g/mol. The molecule has 0 saturated carbocycles. The predicted molar refractivity (Wildman–Crippen MR) is 74.0 cm³/mol. The van der Waals surface area contributed by atoms with Crippen LogP contribution in [0.1, 0.15) is 23.7 Å². The number of nitrogens with two attached hydrogens (primary N) is 1. The molecule has 0 fully saturated rings. The zero-order chi connectivity index (χ0) is 12.7. The Morgan fingerprint density at radius 3 is 2.33 bits per heavy atom. The Hall–Kier alpha value is -1.59. The second-order valence-corrected chi connectivity index (χ2v) is 3.59. The molecule has 0 aliphatic heterocycles. The van der Waals surface area contributed by atoms with Crippen molar-refractivity contribution in [1.29, 1.82) is 0 Å². The van der Waals surface area contributed by atoms with Gasteiger partial charge in [0.1, 0.15) is 0 Å². The van der Waals surface area contributed by atoms with Crippen molar-refractivity contribution < 1.29 is 9.59 Å². The van der Waals surface area contributed by atoms with Gasteiger partial charge in [0.05, 0.1) is 6.54 Å². The molecular formula is C12H18ClN3O2. The van der Waals surface area contributed by atoms with E-state index in [2.05, 4.69) is 10.6 Å². The van der Waals surface area contributed by atoms with E-state index in [0.717, 1.165) is 6.42 Å². The van der Waals surface area contributed by atoms with Crippen molar-refractivity contribution in [3.05, 3.63) is 29.8 Å². The number of carbonyl (C=O) groups excluding carboxylic acids is 2. The Balaban J connectivity index is 0.00000289. The van der Waals surface area contributed by atoms with Crippen LogP contribution in [-0.2, 0) is 4.79 Å². The lowest BCUT2D eigenvalue weighted by Crippen LogP contribution is -2.24. The highest BCUT2D eigenvalue weighted by atomic mass is 35.5. The van der Waals surface area contributed by atoms with Crippen LogP contribution < -0.4 is 16.4 Å². The lowest BCUT2D eigenvalue weighted by molar-refractivity contribution is -0.114. The van der Waals surface area contributed by atoms with E-state index in [-0.39, 0.29) is 30.8 Å². The quantitative estimate of drug-likeness (QED) is 0.751. The Bertz CT molecular complexity index is 393. The third-order valence-electron chi connectivity index (χ3n) is 2.15. The van der Waals surface area contributed by atoms with Crippen LogP contribution >= 0.6 is 12.4 Å². The van der Waals surface area contributed by atoms with Crippen molar-refractivity contribution in [2.24, 2.45) is 5.73 Å². The second kappa shape index (κ2) is 8.49. The molecular weight excluding hydrogens is 254 g/mol. The van der Waals surface area contributed by atoms with Crippen LogP contribution in [0.5, 0.6) is 0 Å². The molecule has 2 amide bonds. The van der Waals surface area contributed by atoms with Crippen LogP contribution in [0.2, 0.25) is 0 Å². The number of halogens is 1. The van der Waals surface area contributed by atoms with E-state index >= 15 is 0 Å². The van der Waals surface area contributed by atoms with Crippen LogP contribution in [0, 0.1) is 0 Å². The SMILES string of the molecule is CCCNC(=O)c1ccc(NC(=O)CN)cc1.Cl. The molecule has 6 heteroatoms. The van der Waals surface area contributed by atoms with Crippen molar-refractivity contribution in [3.8, 4) is 0 Å². The Morgan fingerprint density at radius 2 is 1.83 bits per heavy atom. The number of rotatable bonds is 5. The largest absolute Gasteiger partial charge is 0.352 e. The first-order chi connectivity index (χ1) is 8.17. The lowest BCUT2D eigenvalue weighted by atomic mass is 10.2. The maximum absolute atomic E-state index is 11.6. The molecule has 100 valence electrons. The second-order valence-electron chi connectivity index (χ2n) is 3.59. The number of hydrogen-bond donors (Lipinski definition) is 3. The molecule has 5 nitrogen and oxygen atoms in total. The van der Waals surface area contributed by atoms with Crippen LogP contribution in [0.4, 0.5) is 5.69 Å². The Kier molecular flexibility index (Phi) is 7.74. The van der Waals surface area contributed by atoms with Crippen molar-refractivity contribution >= 4 is 29.9 Å². The highest BCUT2D eigenvalue weighted by molar-refractivity contribution is 5.96. The molecule has 0 aromatic heterocycles. The van der Waals surface area contributed by atoms with E-state index < -0.39 is 0 Å². The van der Waals surface area contributed by atoms with E-state index in [4.69, 9.17) is 5.73 Å². The van der Waals surface area contributed by atoms with E-state index in [1.165, 1.54) is 0 Å². The zero-order valence-corrected chi connectivity index (χ0v) is 11.0. The summed E-state index contributed by atoms with van der Waals surface area (Å²) in [6, 6.07) is 6.68. The Labute approximate surface area is 113 Å². The van der Waals surface area contributed by atoms with Gasteiger partial charge in [0.15, 0.2) is 0 Å². The molecule has 18 heavy (non-hydrogen) atoms. The number of benzene rings is 1. The van der Waals surface area contributed by atoms with Gasteiger partial charge in [-0.05, 0) is 30.7 Å².